The average molecular weight is 367 g/mol. The molecule has 1 aromatic heterocycles. The zero-order chi connectivity index (χ0) is 17.1. The van der Waals surface area contributed by atoms with Gasteiger partial charge < -0.3 is 9.73 Å². The van der Waals surface area contributed by atoms with Crippen LogP contribution >= 0.6 is 23.2 Å². The fourth-order valence-corrected chi connectivity index (χ4v) is 3.31. The van der Waals surface area contributed by atoms with Gasteiger partial charge in [-0.25, -0.2) is 0 Å². The van der Waals surface area contributed by atoms with E-state index in [1.165, 1.54) is 12.8 Å². The molecule has 1 amide bonds. The van der Waals surface area contributed by atoms with Crippen LogP contribution in [0.3, 0.4) is 0 Å². The molecule has 2 heterocycles. The Morgan fingerprint density at radius 1 is 1.25 bits per heavy atom. The number of amides is 1. The SMILES string of the molecule is C[C@@H](CNC(=O)c1ccc(-c2cc(Cl)ccc2Cl)o1)N1CCCC1. The van der Waals surface area contributed by atoms with Crippen LogP contribution in [0.2, 0.25) is 10.0 Å². The second kappa shape index (κ2) is 7.60. The predicted octanol–water partition coefficient (Wildman–Crippen LogP) is 4.47. The van der Waals surface area contributed by atoms with E-state index in [1.807, 2.05) is 0 Å². The van der Waals surface area contributed by atoms with Crippen molar-refractivity contribution in [3.8, 4) is 11.3 Å². The highest BCUT2D eigenvalue weighted by atomic mass is 35.5. The predicted molar refractivity (Wildman–Crippen MR) is 96.8 cm³/mol. The Bertz CT molecular complexity index is 724. The first-order chi connectivity index (χ1) is 11.5. The lowest BCUT2D eigenvalue weighted by Crippen LogP contribution is -2.40. The van der Waals surface area contributed by atoms with Crippen molar-refractivity contribution in [2.75, 3.05) is 19.6 Å². The number of carbonyl (C=O) groups excluding carboxylic acids is 1. The number of furan rings is 1. The standard InChI is InChI=1S/C18H20Cl2N2O2/c1-12(22-8-2-3-9-22)11-21-18(23)17-7-6-16(24-17)14-10-13(19)4-5-15(14)20/h4-7,10,12H,2-3,8-9,11H2,1H3,(H,21,23)/t12-/m0/s1. The number of likely N-dealkylation sites (tertiary alicyclic amines) is 1. The van der Waals surface area contributed by atoms with Crippen LogP contribution in [0.4, 0.5) is 0 Å². The molecule has 24 heavy (non-hydrogen) atoms. The number of benzene rings is 1. The highest BCUT2D eigenvalue weighted by molar-refractivity contribution is 6.35. The number of carbonyl (C=O) groups is 1. The van der Waals surface area contributed by atoms with Gasteiger partial charge in [0, 0.05) is 23.2 Å². The second-order valence-corrected chi connectivity index (χ2v) is 6.93. The normalized spacial score (nSPS) is 16.3. The molecule has 6 heteroatoms. The van der Waals surface area contributed by atoms with Gasteiger partial charge in [0.05, 0.1) is 5.02 Å². The van der Waals surface area contributed by atoms with Gasteiger partial charge in [0.15, 0.2) is 5.76 Å². The van der Waals surface area contributed by atoms with Crippen molar-refractivity contribution in [3.05, 3.63) is 46.1 Å². The summed E-state index contributed by atoms with van der Waals surface area (Å²) in [4.78, 5) is 14.7. The molecular weight excluding hydrogens is 347 g/mol. The molecule has 0 bridgehead atoms. The zero-order valence-corrected chi connectivity index (χ0v) is 15.0. The van der Waals surface area contributed by atoms with Crippen molar-refractivity contribution in [1.82, 2.24) is 10.2 Å². The highest BCUT2D eigenvalue weighted by Gasteiger charge is 2.20. The van der Waals surface area contributed by atoms with Gasteiger partial charge >= 0.3 is 0 Å². The van der Waals surface area contributed by atoms with Crippen LogP contribution in [-0.4, -0.2) is 36.5 Å². The summed E-state index contributed by atoms with van der Waals surface area (Å²) in [6.07, 6.45) is 2.47. The molecule has 1 aliphatic heterocycles. The summed E-state index contributed by atoms with van der Waals surface area (Å²) in [5, 5.41) is 4.03. The van der Waals surface area contributed by atoms with Crippen molar-refractivity contribution >= 4 is 29.1 Å². The van der Waals surface area contributed by atoms with Gasteiger partial charge in [-0.05, 0) is 63.2 Å². The fourth-order valence-electron chi connectivity index (χ4n) is 2.93. The van der Waals surface area contributed by atoms with E-state index in [1.54, 1.807) is 30.3 Å². The van der Waals surface area contributed by atoms with Crippen LogP contribution in [-0.2, 0) is 0 Å². The van der Waals surface area contributed by atoms with Gasteiger partial charge in [-0.1, -0.05) is 23.2 Å². The molecule has 3 rings (SSSR count). The molecule has 0 spiro atoms. The number of halogens is 2. The van der Waals surface area contributed by atoms with E-state index in [0.29, 0.717) is 34.0 Å². The lowest BCUT2D eigenvalue weighted by Gasteiger charge is -2.23. The van der Waals surface area contributed by atoms with Crippen LogP contribution in [0.5, 0.6) is 0 Å². The van der Waals surface area contributed by atoms with Gasteiger partial charge in [0.2, 0.25) is 0 Å². The van der Waals surface area contributed by atoms with Crippen LogP contribution in [0.15, 0.2) is 34.7 Å². The van der Waals surface area contributed by atoms with Gasteiger partial charge in [0.1, 0.15) is 5.76 Å². The summed E-state index contributed by atoms with van der Waals surface area (Å²) >= 11 is 12.2. The number of nitrogens with one attached hydrogen (secondary N) is 1. The van der Waals surface area contributed by atoms with Crippen molar-refractivity contribution in [1.29, 1.82) is 0 Å². The molecular formula is C18H20Cl2N2O2. The van der Waals surface area contributed by atoms with Crippen LogP contribution < -0.4 is 5.32 Å². The Labute approximate surface area is 151 Å². The number of nitrogens with zero attached hydrogens (tertiary/aromatic N) is 1. The quantitative estimate of drug-likeness (QED) is 0.848. The summed E-state index contributed by atoms with van der Waals surface area (Å²) in [7, 11) is 0. The third-order valence-corrected chi connectivity index (χ3v) is 4.91. The van der Waals surface area contributed by atoms with E-state index in [4.69, 9.17) is 27.6 Å². The monoisotopic (exact) mass is 366 g/mol. The summed E-state index contributed by atoms with van der Waals surface area (Å²) in [5.74, 6) is 0.584. The molecule has 2 aromatic rings. The molecule has 1 aliphatic rings. The molecule has 128 valence electrons. The number of hydrogen-bond acceptors (Lipinski definition) is 3. The Hall–Kier alpha value is -1.49. The minimum Gasteiger partial charge on any atom is -0.451 e. The van der Waals surface area contributed by atoms with E-state index in [2.05, 4.69) is 17.1 Å². The second-order valence-electron chi connectivity index (χ2n) is 6.09. The van der Waals surface area contributed by atoms with E-state index in [9.17, 15) is 4.79 Å². The molecule has 1 saturated heterocycles. The van der Waals surface area contributed by atoms with E-state index in [-0.39, 0.29) is 11.7 Å². The summed E-state index contributed by atoms with van der Waals surface area (Å²) in [5.41, 5.74) is 0.675. The van der Waals surface area contributed by atoms with Crippen molar-refractivity contribution in [2.45, 2.75) is 25.8 Å². The van der Waals surface area contributed by atoms with Gasteiger partial charge in [0.25, 0.3) is 5.91 Å². The first-order valence-corrected chi connectivity index (χ1v) is 8.87. The van der Waals surface area contributed by atoms with Crippen molar-refractivity contribution < 1.29 is 9.21 Å². The lowest BCUT2D eigenvalue weighted by atomic mass is 10.2. The highest BCUT2D eigenvalue weighted by Crippen LogP contribution is 2.31. The molecule has 0 radical (unpaired) electrons. The third-order valence-electron chi connectivity index (χ3n) is 4.35. The summed E-state index contributed by atoms with van der Waals surface area (Å²) in [6, 6.07) is 8.86. The minimum absolute atomic E-state index is 0.217. The van der Waals surface area contributed by atoms with Crippen LogP contribution in [0, 0.1) is 0 Å². The summed E-state index contributed by atoms with van der Waals surface area (Å²) < 4.78 is 5.66. The lowest BCUT2D eigenvalue weighted by molar-refractivity contribution is 0.0913. The first kappa shape index (κ1) is 17.3. The summed E-state index contributed by atoms with van der Waals surface area (Å²) in [6.45, 7) is 4.95. The molecule has 1 fully saturated rings. The Kier molecular flexibility index (Phi) is 5.49. The molecule has 1 atom stereocenters. The average Bonchev–Trinajstić information content (AvgIpc) is 3.26. The molecule has 0 unspecified atom stereocenters. The fraction of sp³-hybridized carbons (Fsp3) is 0.389. The Balaban J connectivity index is 1.64. The minimum atomic E-state index is -0.217. The maximum atomic E-state index is 12.3. The molecule has 0 aliphatic carbocycles. The molecule has 1 aromatic carbocycles. The Morgan fingerprint density at radius 2 is 2.00 bits per heavy atom. The topological polar surface area (TPSA) is 45.5 Å². The smallest absolute Gasteiger partial charge is 0.287 e. The van der Waals surface area contributed by atoms with E-state index in [0.717, 1.165) is 13.1 Å². The van der Waals surface area contributed by atoms with Crippen LogP contribution in [0.25, 0.3) is 11.3 Å². The maximum Gasteiger partial charge on any atom is 0.287 e. The van der Waals surface area contributed by atoms with Gasteiger partial charge in [-0.15, -0.1) is 0 Å². The van der Waals surface area contributed by atoms with Gasteiger partial charge in [-0.2, -0.15) is 0 Å². The van der Waals surface area contributed by atoms with E-state index >= 15 is 0 Å². The third kappa shape index (κ3) is 3.94. The largest absolute Gasteiger partial charge is 0.451 e. The van der Waals surface area contributed by atoms with Gasteiger partial charge in [-0.3, -0.25) is 9.69 Å². The number of hydrogen-bond donors (Lipinski definition) is 1. The zero-order valence-electron chi connectivity index (χ0n) is 13.5. The first-order valence-electron chi connectivity index (χ1n) is 8.12. The van der Waals surface area contributed by atoms with E-state index < -0.39 is 0 Å². The maximum absolute atomic E-state index is 12.3. The van der Waals surface area contributed by atoms with Crippen molar-refractivity contribution in [2.24, 2.45) is 0 Å². The molecule has 0 saturated carbocycles. The van der Waals surface area contributed by atoms with Crippen molar-refractivity contribution in [3.63, 3.8) is 0 Å². The number of rotatable bonds is 5. The van der Waals surface area contributed by atoms with Crippen LogP contribution in [0.1, 0.15) is 30.3 Å². The molecule has 1 N–H and O–H groups in total. The Morgan fingerprint density at radius 3 is 2.75 bits per heavy atom. The molecule has 4 nitrogen and oxygen atoms in total.